The summed E-state index contributed by atoms with van der Waals surface area (Å²) in [6.45, 7) is 6.06. The minimum Gasteiger partial charge on any atom is -0.317 e. The standard InChI is InChI=1S/C14H13BrN2/c1-9-6-13(4-5-14(9)15)17-10(2)7-12(8-16)11(17)3/h4-7H,1-3H3. The Balaban J connectivity index is 2.65. The molecule has 0 saturated heterocycles. The summed E-state index contributed by atoms with van der Waals surface area (Å²) < 4.78 is 3.21. The average Bonchev–Trinajstić information content (AvgIpc) is 2.58. The quantitative estimate of drug-likeness (QED) is 0.779. The fourth-order valence-corrected chi connectivity index (χ4v) is 2.29. The lowest BCUT2D eigenvalue weighted by atomic mass is 10.2. The molecule has 1 aromatic carbocycles. The van der Waals surface area contributed by atoms with Gasteiger partial charge in [0.1, 0.15) is 6.07 Å². The summed E-state index contributed by atoms with van der Waals surface area (Å²) in [7, 11) is 0. The Morgan fingerprint density at radius 2 is 1.88 bits per heavy atom. The molecule has 0 fully saturated rings. The third-order valence-corrected chi connectivity index (χ3v) is 3.84. The molecule has 1 heterocycles. The Hall–Kier alpha value is -1.53. The van der Waals surface area contributed by atoms with E-state index in [-0.39, 0.29) is 0 Å². The first kappa shape index (κ1) is 11.9. The third-order valence-electron chi connectivity index (χ3n) is 2.95. The van der Waals surface area contributed by atoms with Crippen molar-refractivity contribution >= 4 is 15.9 Å². The van der Waals surface area contributed by atoms with E-state index in [4.69, 9.17) is 5.26 Å². The van der Waals surface area contributed by atoms with Gasteiger partial charge < -0.3 is 4.57 Å². The zero-order valence-electron chi connectivity index (χ0n) is 10.1. The molecule has 17 heavy (non-hydrogen) atoms. The Morgan fingerprint density at radius 1 is 1.18 bits per heavy atom. The molecule has 0 aliphatic heterocycles. The molecule has 0 aliphatic carbocycles. The van der Waals surface area contributed by atoms with Gasteiger partial charge in [0.25, 0.3) is 0 Å². The maximum absolute atomic E-state index is 9.03. The number of aromatic nitrogens is 1. The summed E-state index contributed by atoms with van der Waals surface area (Å²) in [5.74, 6) is 0. The van der Waals surface area contributed by atoms with Crippen LogP contribution in [0.15, 0.2) is 28.7 Å². The predicted molar refractivity (Wildman–Crippen MR) is 72.4 cm³/mol. The fraction of sp³-hybridized carbons (Fsp3) is 0.214. The Labute approximate surface area is 110 Å². The second-order valence-corrected chi connectivity index (χ2v) is 5.02. The minimum absolute atomic E-state index is 0.739. The van der Waals surface area contributed by atoms with Crippen molar-refractivity contribution in [2.24, 2.45) is 0 Å². The number of nitriles is 1. The molecule has 2 aromatic rings. The van der Waals surface area contributed by atoms with Gasteiger partial charge in [0, 0.05) is 21.5 Å². The molecule has 86 valence electrons. The van der Waals surface area contributed by atoms with Gasteiger partial charge in [0.15, 0.2) is 0 Å². The summed E-state index contributed by atoms with van der Waals surface area (Å²) in [6, 6.07) is 10.4. The lowest BCUT2D eigenvalue weighted by Crippen LogP contribution is -1.99. The van der Waals surface area contributed by atoms with Crippen LogP contribution in [0.2, 0.25) is 0 Å². The first-order valence-electron chi connectivity index (χ1n) is 5.40. The summed E-state index contributed by atoms with van der Waals surface area (Å²) in [4.78, 5) is 0. The Morgan fingerprint density at radius 3 is 2.41 bits per heavy atom. The van der Waals surface area contributed by atoms with E-state index in [9.17, 15) is 0 Å². The second-order valence-electron chi connectivity index (χ2n) is 4.17. The molecule has 0 atom stereocenters. The number of halogens is 1. The van der Waals surface area contributed by atoms with E-state index in [1.54, 1.807) is 0 Å². The SMILES string of the molecule is Cc1cc(-n2c(C)cc(C#N)c2C)ccc1Br. The van der Waals surface area contributed by atoms with E-state index in [2.05, 4.69) is 45.6 Å². The average molecular weight is 289 g/mol. The number of aryl methyl sites for hydroxylation is 2. The molecule has 0 amide bonds. The van der Waals surface area contributed by atoms with Crippen molar-refractivity contribution in [3.63, 3.8) is 0 Å². The van der Waals surface area contributed by atoms with Crippen LogP contribution in [0.1, 0.15) is 22.5 Å². The van der Waals surface area contributed by atoms with Gasteiger partial charge in [-0.1, -0.05) is 15.9 Å². The van der Waals surface area contributed by atoms with Gasteiger partial charge in [-0.25, -0.2) is 0 Å². The van der Waals surface area contributed by atoms with E-state index in [0.29, 0.717) is 0 Å². The zero-order chi connectivity index (χ0) is 12.6. The number of nitrogens with zero attached hydrogens (tertiary/aromatic N) is 2. The first-order valence-corrected chi connectivity index (χ1v) is 6.19. The van der Waals surface area contributed by atoms with Crippen LogP contribution in [-0.2, 0) is 0 Å². The van der Waals surface area contributed by atoms with E-state index in [0.717, 1.165) is 27.1 Å². The molecular formula is C14H13BrN2. The van der Waals surface area contributed by atoms with Crippen LogP contribution < -0.4 is 0 Å². The molecule has 0 saturated carbocycles. The van der Waals surface area contributed by atoms with Crippen LogP contribution >= 0.6 is 15.9 Å². The molecule has 1 aromatic heterocycles. The zero-order valence-corrected chi connectivity index (χ0v) is 11.7. The van der Waals surface area contributed by atoms with E-state index in [1.807, 2.05) is 26.0 Å². The van der Waals surface area contributed by atoms with Crippen LogP contribution in [0.3, 0.4) is 0 Å². The van der Waals surface area contributed by atoms with Crippen molar-refractivity contribution in [3.05, 3.63) is 51.3 Å². The van der Waals surface area contributed by atoms with Crippen molar-refractivity contribution in [3.8, 4) is 11.8 Å². The highest BCUT2D eigenvalue weighted by Crippen LogP contribution is 2.24. The highest BCUT2D eigenvalue weighted by molar-refractivity contribution is 9.10. The summed E-state index contributed by atoms with van der Waals surface area (Å²) in [6.07, 6.45) is 0. The predicted octanol–water partition coefficient (Wildman–Crippen LogP) is 4.04. The molecular weight excluding hydrogens is 276 g/mol. The molecule has 0 radical (unpaired) electrons. The van der Waals surface area contributed by atoms with E-state index < -0.39 is 0 Å². The number of hydrogen-bond acceptors (Lipinski definition) is 1. The van der Waals surface area contributed by atoms with Gasteiger partial charge in [-0.15, -0.1) is 0 Å². The smallest absolute Gasteiger partial charge is 0.101 e. The molecule has 2 rings (SSSR count). The molecule has 2 nitrogen and oxygen atoms in total. The number of benzene rings is 1. The third kappa shape index (κ3) is 2.01. The van der Waals surface area contributed by atoms with Crippen molar-refractivity contribution < 1.29 is 0 Å². The van der Waals surface area contributed by atoms with Crippen molar-refractivity contribution in [1.82, 2.24) is 4.57 Å². The van der Waals surface area contributed by atoms with Crippen LogP contribution in [0.5, 0.6) is 0 Å². The number of hydrogen-bond donors (Lipinski definition) is 0. The lowest BCUT2D eigenvalue weighted by molar-refractivity contribution is 0.961. The molecule has 0 N–H and O–H groups in total. The molecule has 0 aliphatic rings. The largest absolute Gasteiger partial charge is 0.317 e. The topological polar surface area (TPSA) is 28.7 Å². The van der Waals surface area contributed by atoms with Gasteiger partial charge in [-0.3, -0.25) is 0 Å². The van der Waals surface area contributed by atoms with E-state index >= 15 is 0 Å². The van der Waals surface area contributed by atoms with Gasteiger partial charge in [-0.2, -0.15) is 5.26 Å². The second kappa shape index (κ2) is 4.38. The fourth-order valence-electron chi connectivity index (χ4n) is 2.04. The summed E-state index contributed by atoms with van der Waals surface area (Å²) in [5, 5.41) is 9.03. The number of rotatable bonds is 1. The Bertz CT molecular complexity index is 618. The first-order chi connectivity index (χ1) is 8.04. The van der Waals surface area contributed by atoms with Gasteiger partial charge >= 0.3 is 0 Å². The van der Waals surface area contributed by atoms with Gasteiger partial charge in [-0.05, 0) is 50.6 Å². The van der Waals surface area contributed by atoms with Crippen LogP contribution in [-0.4, -0.2) is 4.57 Å². The van der Waals surface area contributed by atoms with Crippen LogP contribution in [0, 0.1) is 32.1 Å². The van der Waals surface area contributed by atoms with Crippen molar-refractivity contribution in [2.45, 2.75) is 20.8 Å². The van der Waals surface area contributed by atoms with Gasteiger partial charge in [0.2, 0.25) is 0 Å². The van der Waals surface area contributed by atoms with Crippen molar-refractivity contribution in [1.29, 1.82) is 5.26 Å². The van der Waals surface area contributed by atoms with Crippen molar-refractivity contribution in [2.75, 3.05) is 0 Å². The summed E-state index contributed by atoms with van der Waals surface area (Å²) >= 11 is 3.50. The minimum atomic E-state index is 0.739. The Kier molecular flexibility index (Phi) is 3.08. The maximum Gasteiger partial charge on any atom is 0.101 e. The normalized spacial score (nSPS) is 10.3. The lowest BCUT2D eigenvalue weighted by Gasteiger charge is -2.11. The molecule has 0 unspecified atom stereocenters. The maximum atomic E-state index is 9.03. The molecule has 0 bridgehead atoms. The summed E-state index contributed by atoms with van der Waals surface area (Å²) in [5.41, 5.74) is 5.10. The van der Waals surface area contributed by atoms with Gasteiger partial charge in [0.05, 0.1) is 5.56 Å². The highest BCUT2D eigenvalue weighted by Gasteiger charge is 2.10. The highest BCUT2D eigenvalue weighted by atomic mass is 79.9. The van der Waals surface area contributed by atoms with E-state index in [1.165, 1.54) is 5.56 Å². The van der Waals surface area contributed by atoms with Crippen LogP contribution in [0.25, 0.3) is 5.69 Å². The monoisotopic (exact) mass is 288 g/mol. The molecule has 0 spiro atoms. The molecule has 3 heteroatoms. The van der Waals surface area contributed by atoms with Crippen LogP contribution in [0.4, 0.5) is 0 Å².